The van der Waals surface area contributed by atoms with Gasteiger partial charge in [-0.3, -0.25) is 4.31 Å². The predicted octanol–water partition coefficient (Wildman–Crippen LogP) is 2.93. The molecule has 0 amide bonds. The van der Waals surface area contributed by atoms with E-state index in [4.69, 9.17) is 0 Å². The molecule has 0 atom stereocenters. The van der Waals surface area contributed by atoms with Gasteiger partial charge in [-0.15, -0.1) is 0 Å². The first-order valence-corrected chi connectivity index (χ1v) is 10.5. The second kappa shape index (κ2) is 6.45. The van der Waals surface area contributed by atoms with E-state index >= 15 is 0 Å². The molecule has 0 saturated carbocycles. The van der Waals surface area contributed by atoms with Gasteiger partial charge in [0, 0.05) is 24.3 Å². The SMILES string of the molecule is CCN(c1cccc2c1ccn2-c1ccnc(SC)n1)S(C)(=O)=O. The third kappa shape index (κ3) is 2.99. The zero-order chi connectivity index (χ0) is 17.3. The molecule has 2 aromatic heterocycles. The summed E-state index contributed by atoms with van der Waals surface area (Å²) in [5.74, 6) is 0.754. The molecule has 0 aliphatic rings. The smallest absolute Gasteiger partial charge is 0.232 e. The molecule has 0 radical (unpaired) electrons. The molecule has 3 aromatic rings. The summed E-state index contributed by atoms with van der Waals surface area (Å²) in [6, 6.07) is 9.39. The zero-order valence-corrected chi connectivity index (χ0v) is 15.3. The molecule has 126 valence electrons. The van der Waals surface area contributed by atoms with Crippen molar-refractivity contribution >= 4 is 38.4 Å². The van der Waals surface area contributed by atoms with Crippen molar-refractivity contribution < 1.29 is 8.42 Å². The van der Waals surface area contributed by atoms with Gasteiger partial charge in [0.05, 0.1) is 17.5 Å². The van der Waals surface area contributed by atoms with Crippen molar-refractivity contribution in [2.24, 2.45) is 0 Å². The number of sulfonamides is 1. The molecule has 1 aromatic carbocycles. The maximum atomic E-state index is 12.1. The van der Waals surface area contributed by atoms with Crippen molar-refractivity contribution in [1.82, 2.24) is 14.5 Å². The molecule has 3 rings (SSSR count). The second-order valence-corrected chi connectivity index (χ2v) is 7.91. The molecule has 0 N–H and O–H groups in total. The van der Waals surface area contributed by atoms with Crippen LogP contribution in [0, 0.1) is 0 Å². The first-order chi connectivity index (χ1) is 11.5. The number of benzene rings is 1. The molecule has 0 aliphatic heterocycles. The quantitative estimate of drug-likeness (QED) is 0.516. The number of thioether (sulfide) groups is 1. The number of rotatable bonds is 5. The van der Waals surface area contributed by atoms with Crippen LogP contribution in [0.25, 0.3) is 16.7 Å². The van der Waals surface area contributed by atoms with E-state index < -0.39 is 10.0 Å². The van der Waals surface area contributed by atoms with Crippen molar-refractivity contribution in [1.29, 1.82) is 0 Å². The van der Waals surface area contributed by atoms with Crippen LogP contribution in [0.15, 0.2) is 47.9 Å². The Labute approximate surface area is 145 Å². The first kappa shape index (κ1) is 16.8. The van der Waals surface area contributed by atoms with E-state index in [1.165, 1.54) is 22.3 Å². The summed E-state index contributed by atoms with van der Waals surface area (Å²) in [6.07, 6.45) is 6.77. The third-order valence-electron chi connectivity index (χ3n) is 3.71. The fraction of sp³-hybridized carbons (Fsp3) is 0.250. The number of hydrogen-bond acceptors (Lipinski definition) is 5. The highest BCUT2D eigenvalue weighted by molar-refractivity contribution is 7.98. The average molecular weight is 362 g/mol. The van der Waals surface area contributed by atoms with Crippen molar-refractivity contribution in [3.8, 4) is 5.82 Å². The lowest BCUT2D eigenvalue weighted by molar-refractivity contribution is 0.598. The van der Waals surface area contributed by atoms with Gasteiger partial charge in [0.1, 0.15) is 5.82 Å². The van der Waals surface area contributed by atoms with E-state index in [1.54, 1.807) is 6.20 Å². The highest BCUT2D eigenvalue weighted by Crippen LogP contribution is 2.30. The maximum Gasteiger partial charge on any atom is 0.232 e. The Hall–Kier alpha value is -2.06. The minimum absolute atomic E-state index is 0.382. The van der Waals surface area contributed by atoms with Gasteiger partial charge in [0.25, 0.3) is 0 Å². The van der Waals surface area contributed by atoms with Crippen molar-refractivity contribution in [3.63, 3.8) is 0 Å². The maximum absolute atomic E-state index is 12.1. The highest BCUT2D eigenvalue weighted by atomic mass is 32.2. The van der Waals surface area contributed by atoms with Crippen molar-refractivity contribution in [2.45, 2.75) is 12.1 Å². The lowest BCUT2D eigenvalue weighted by Gasteiger charge is -2.21. The van der Waals surface area contributed by atoms with E-state index in [0.717, 1.165) is 16.7 Å². The Morgan fingerprint density at radius 1 is 1.25 bits per heavy atom. The Kier molecular flexibility index (Phi) is 4.51. The van der Waals surface area contributed by atoms with Crippen LogP contribution in [0.3, 0.4) is 0 Å². The van der Waals surface area contributed by atoms with E-state index in [1.807, 2.05) is 54.3 Å². The zero-order valence-electron chi connectivity index (χ0n) is 13.7. The summed E-state index contributed by atoms with van der Waals surface area (Å²) >= 11 is 1.48. The van der Waals surface area contributed by atoms with Crippen LogP contribution >= 0.6 is 11.8 Å². The molecule has 2 heterocycles. The molecule has 24 heavy (non-hydrogen) atoms. The summed E-state index contributed by atoms with van der Waals surface area (Å²) in [5.41, 5.74) is 1.58. The molecule has 6 nitrogen and oxygen atoms in total. The lowest BCUT2D eigenvalue weighted by atomic mass is 10.2. The fourth-order valence-electron chi connectivity index (χ4n) is 2.72. The normalized spacial score (nSPS) is 11.8. The van der Waals surface area contributed by atoms with Gasteiger partial charge in [-0.05, 0) is 37.4 Å². The monoisotopic (exact) mass is 362 g/mol. The summed E-state index contributed by atoms with van der Waals surface area (Å²) < 4.78 is 27.5. The largest absolute Gasteiger partial charge is 0.301 e. The number of hydrogen-bond donors (Lipinski definition) is 0. The van der Waals surface area contributed by atoms with Gasteiger partial charge in [-0.2, -0.15) is 0 Å². The van der Waals surface area contributed by atoms with E-state index in [0.29, 0.717) is 17.4 Å². The number of nitrogens with zero attached hydrogens (tertiary/aromatic N) is 4. The second-order valence-electron chi connectivity index (χ2n) is 5.22. The van der Waals surface area contributed by atoms with Crippen LogP contribution in [-0.4, -0.2) is 42.0 Å². The van der Waals surface area contributed by atoms with Gasteiger partial charge in [0.2, 0.25) is 10.0 Å². The number of aromatic nitrogens is 3. The molecule has 0 spiro atoms. The molecule has 0 aliphatic carbocycles. The summed E-state index contributed by atoms with van der Waals surface area (Å²) in [6.45, 7) is 2.21. The average Bonchev–Trinajstić information content (AvgIpc) is 2.99. The summed E-state index contributed by atoms with van der Waals surface area (Å²) in [4.78, 5) is 8.70. The Balaban J connectivity index is 2.19. The standard InChI is InChI=1S/C16H18N4O2S2/c1-4-20(24(3,21)22)14-7-5-6-13-12(14)9-11-19(13)15-8-10-17-16(18-15)23-2/h5-11H,4H2,1-3H3. The van der Waals surface area contributed by atoms with E-state index in [-0.39, 0.29) is 0 Å². The van der Waals surface area contributed by atoms with Crippen LogP contribution in [0.2, 0.25) is 0 Å². The van der Waals surface area contributed by atoms with E-state index in [9.17, 15) is 8.42 Å². The van der Waals surface area contributed by atoms with Crippen molar-refractivity contribution in [3.05, 3.63) is 42.7 Å². The van der Waals surface area contributed by atoms with E-state index in [2.05, 4.69) is 9.97 Å². The van der Waals surface area contributed by atoms with Gasteiger partial charge >= 0.3 is 0 Å². The minimum atomic E-state index is -3.33. The fourth-order valence-corrected chi connectivity index (χ4v) is 4.05. The van der Waals surface area contributed by atoms with Crippen LogP contribution in [0.1, 0.15) is 6.92 Å². The Morgan fingerprint density at radius 3 is 2.71 bits per heavy atom. The molecule has 0 saturated heterocycles. The van der Waals surface area contributed by atoms with Crippen molar-refractivity contribution in [2.75, 3.05) is 23.4 Å². The number of fused-ring (bicyclic) bond motifs is 1. The molecule has 0 bridgehead atoms. The van der Waals surface area contributed by atoms with Crippen LogP contribution in [-0.2, 0) is 10.0 Å². The third-order valence-corrected chi connectivity index (χ3v) is 5.53. The highest BCUT2D eigenvalue weighted by Gasteiger charge is 2.19. The Morgan fingerprint density at radius 2 is 2.04 bits per heavy atom. The Bertz CT molecular complexity index is 983. The molecular weight excluding hydrogens is 344 g/mol. The van der Waals surface area contributed by atoms with Crippen LogP contribution in [0.5, 0.6) is 0 Å². The lowest BCUT2D eigenvalue weighted by Crippen LogP contribution is -2.29. The van der Waals surface area contributed by atoms with Gasteiger partial charge in [-0.25, -0.2) is 18.4 Å². The molecule has 0 fully saturated rings. The van der Waals surface area contributed by atoms with Gasteiger partial charge in [0.15, 0.2) is 5.16 Å². The molecular formula is C16H18N4O2S2. The van der Waals surface area contributed by atoms with Crippen LogP contribution < -0.4 is 4.31 Å². The minimum Gasteiger partial charge on any atom is -0.301 e. The van der Waals surface area contributed by atoms with Gasteiger partial charge < -0.3 is 4.57 Å². The van der Waals surface area contributed by atoms with Crippen LogP contribution in [0.4, 0.5) is 5.69 Å². The molecule has 8 heteroatoms. The number of anilines is 1. The summed E-state index contributed by atoms with van der Waals surface area (Å²) in [7, 11) is -3.33. The first-order valence-electron chi connectivity index (χ1n) is 7.41. The van der Waals surface area contributed by atoms with Gasteiger partial charge in [-0.1, -0.05) is 17.8 Å². The molecule has 0 unspecified atom stereocenters. The topological polar surface area (TPSA) is 68.1 Å². The summed E-state index contributed by atoms with van der Waals surface area (Å²) in [5, 5.41) is 1.56. The predicted molar refractivity (Wildman–Crippen MR) is 98.5 cm³/mol.